The number of nitrogens with zero attached hydrogens (tertiary/aromatic N) is 1. The topological polar surface area (TPSA) is 118 Å². The van der Waals surface area contributed by atoms with E-state index in [4.69, 9.17) is 23.0 Å². The summed E-state index contributed by atoms with van der Waals surface area (Å²) < 4.78 is 52.2. The van der Waals surface area contributed by atoms with E-state index in [0.29, 0.717) is 19.2 Å². The maximum atomic E-state index is 13.3. The zero-order valence-electron chi connectivity index (χ0n) is 23.7. The molecule has 0 N–H and O–H groups in total. The van der Waals surface area contributed by atoms with Gasteiger partial charge in [-0.2, -0.15) is 8.42 Å². The molecular formula is C24H44BNO9S. The molecular weight excluding hydrogens is 489 g/mol. The quantitative estimate of drug-likeness (QED) is 0.261. The van der Waals surface area contributed by atoms with E-state index in [1.807, 2.05) is 27.7 Å². The van der Waals surface area contributed by atoms with Crippen molar-refractivity contribution in [3.05, 3.63) is 0 Å². The molecule has 2 heterocycles. The van der Waals surface area contributed by atoms with Gasteiger partial charge in [-0.05, 0) is 82.0 Å². The lowest BCUT2D eigenvalue weighted by Gasteiger charge is -2.55. The highest BCUT2D eigenvalue weighted by Crippen LogP contribution is 2.46. The number of rotatable bonds is 8. The number of hydrogen-bond donors (Lipinski definition) is 0. The Morgan fingerprint density at radius 3 is 1.92 bits per heavy atom. The Hall–Kier alpha value is -1.37. The first-order valence-corrected chi connectivity index (χ1v) is 14.2. The van der Waals surface area contributed by atoms with Gasteiger partial charge >= 0.3 is 19.2 Å². The van der Waals surface area contributed by atoms with Crippen molar-refractivity contribution in [1.82, 2.24) is 4.90 Å². The fourth-order valence-corrected chi connectivity index (χ4v) is 4.75. The van der Waals surface area contributed by atoms with Gasteiger partial charge in [0.05, 0.1) is 24.1 Å². The summed E-state index contributed by atoms with van der Waals surface area (Å²) in [6.45, 7) is 18.1. The molecule has 2 aliphatic rings. The summed E-state index contributed by atoms with van der Waals surface area (Å²) in [7, 11) is -4.23. The van der Waals surface area contributed by atoms with E-state index >= 15 is 0 Å². The molecule has 12 heteroatoms. The molecule has 2 fully saturated rings. The van der Waals surface area contributed by atoms with Crippen molar-refractivity contribution in [2.45, 2.75) is 117 Å². The van der Waals surface area contributed by atoms with Crippen LogP contribution >= 0.6 is 0 Å². The summed E-state index contributed by atoms with van der Waals surface area (Å²) >= 11 is 0. The van der Waals surface area contributed by atoms with Crippen molar-refractivity contribution in [2.75, 3.05) is 19.4 Å². The van der Waals surface area contributed by atoms with Gasteiger partial charge in [0, 0.05) is 12.0 Å². The molecule has 2 atom stereocenters. The number of ether oxygens (including phenoxy) is 2. The van der Waals surface area contributed by atoms with Gasteiger partial charge in [-0.1, -0.05) is 6.42 Å². The number of carbonyl (C=O) groups is 2. The number of amides is 1. The SMILES string of the molecule is CC(C)(C)OC(=O)[C@H]1N(C(=O)OC(C)(C)C)C[C@]1(CCCB1OC(C)(C)C(C)(C)O1)COS(C)(=O)=O. The number of carbonyl (C=O) groups excluding carboxylic acids is 2. The molecule has 2 saturated heterocycles. The van der Waals surface area contributed by atoms with E-state index in [1.54, 1.807) is 41.5 Å². The average molecular weight is 533 g/mol. The fraction of sp³-hybridized carbons (Fsp3) is 0.917. The minimum Gasteiger partial charge on any atom is -0.458 e. The Morgan fingerprint density at radius 1 is 0.972 bits per heavy atom. The Morgan fingerprint density at radius 2 is 1.47 bits per heavy atom. The van der Waals surface area contributed by atoms with Gasteiger partial charge in [-0.25, -0.2) is 9.59 Å². The molecule has 10 nitrogen and oxygen atoms in total. The summed E-state index contributed by atoms with van der Waals surface area (Å²) in [5.41, 5.74) is -3.51. The average Bonchev–Trinajstić information content (AvgIpc) is 2.78. The predicted molar refractivity (Wildman–Crippen MR) is 136 cm³/mol. The molecule has 1 amide bonds. The minimum atomic E-state index is -3.79. The maximum Gasteiger partial charge on any atom is 0.457 e. The van der Waals surface area contributed by atoms with Crippen LogP contribution in [-0.2, 0) is 37.9 Å². The van der Waals surface area contributed by atoms with E-state index in [0.717, 1.165) is 6.26 Å². The van der Waals surface area contributed by atoms with Gasteiger partial charge in [-0.15, -0.1) is 0 Å². The van der Waals surface area contributed by atoms with Crippen LogP contribution in [0.3, 0.4) is 0 Å². The van der Waals surface area contributed by atoms with Crippen molar-refractivity contribution in [3.8, 4) is 0 Å². The fourth-order valence-electron chi connectivity index (χ4n) is 4.30. The molecule has 0 aromatic carbocycles. The van der Waals surface area contributed by atoms with Gasteiger partial charge in [0.25, 0.3) is 10.1 Å². The second-order valence-electron chi connectivity index (χ2n) is 13.0. The van der Waals surface area contributed by atoms with Crippen LogP contribution in [0, 0.1) is 5.41 Å². The Labute approximate surface area is 216 Å². The Balaban J connectivity index is 2.28. The van der Waals surface area contributed by atoms with Crippen molar-refractivity contribution in [3.63, 3.8) is 0 Å². The van der Waals surface area contributed by atoms with Crippen LogP contribution in [0.15, 0.2) is 0 Å². The molecule has 0 aromatic heterocycles. The van der Waals surface area contributed by atoms with Gasteiger partial charge in [-0.3, -0.25) is 9.08 Å². The van der Waals surface area contributed by atoms with Crippen LogP contribution in [0.1, 0.15) is 82.1 Å². The molecule has 2 aliphatic heterocycles. The molecule has 208 valence electrons. The van der Waals surface area contributed by atoms with Crippen LogP contribution in [0.4, 0.5) is 4.79 Å². The molecule has 0 bridgehead atoms. The van der Waals surface area contributed by atoms with Crippen LogP contribution < -0.4 is 0 Å². The lowest BCUT2D eigenvalue weighted by molar-refractivity contribution is -0.184. The molecule has 0 radical (unpaired) electrons. The molecule has 0 aliphatic carbocycles. The number of esters is 1. The van der Waals surface area contributed by atoms with Crippen LogP contribution in [-0.4, -0.2) is 80.4 Å². The second-order valence-corrected chi connectivity index (χ2v) is 14.6. The molecule has 0 spiro atoms. The maximum absolute atomic E-state index is 13.3. The van der Waals surface area contributed by atoms with Crippen LogP contribution in [0.2, 0.25) is 6.32 Å². The monoisotopic (exact) mass is 533 g/mol. The van der Waals surface area contributed by atoms with Gasteiger partial charge in [0.1, 0.15) is 17.2 Å². The highest BCUT2D eigenvalue weighted by molar-refractivity contribution is 7.85. The smallest absolute Gasteiger partial charge is 0.457 e. The van der Waals surface area contributed by atoms with E-state index in [9.17, 15) is 18.0 Å². The number of likely N-dealkylation sites (tertiary alicyclic amines) is 1. The highest BCUT2D eigenvalue weighted by atomic mass is 32.2. The van der Waals surface area contributed by atoms with Crippen molar-refractivity contribution < 1.29 is 41.0 Å². The molecule has 2 rings (SSSR count). The minimum absolute atomic E-state index is 0.0880. The summed E-state index contributed by atoms with van der Waals surface area (Å²) in [6, 6.07) is -1.06. The first-order valence-electron chi connectivity index (χ1n) is 12.4. The molecule has 36 heavy (non-hydrogen) atoms. The van der Waals surface area contributed by atoms with E-state index in [1.165, 1.54) is 4.90 Å². The van der Waals surface area contributed by atoms with Crippen LogP contribution in [0.5, 0.6) is 0 Å². The third-order valence-electron chi connectivity index (χ3n) is 6.61. The third-order valence-corrected chi connectivity index (χ3v) is 7.16. The van der Waals surface area contributed by atoms with Gasteiger partial charge in [0.2, 0.25) is 0 Å². The molecule has 0 aromatic rings. The highest BCUT2D eigenvalue weighted by Gasteiger charge is 2.61. The summed E-state index contributed by atoms with van der Waals surface area (Å²) in [5, 5.41) is 0. The Bertz CT molecular complexity index is 920. The number of hydrogen-bond acceptors (Lipinski definition) is 9. The zero-order valence-corrected chi connectivity index (χ0v) is 24.5. The summed E-state index contributed by atoms with van der Waals surface area (Å²) in [5.74, 6) is -0.632. The lowest BCUT2D eigenvalue weighted by Crippen LogP contribution is -2.72. The van der Waals surface area contributed by atoms with E-state index in [2.05, 4.69) is 0 Å². The summed E-state index contributed by atoms with van der Waals surface area (Å²) in [6.07, 6.45) is 1.75. The zero-order chi connectivity index (χ0) is 28.0. The first-order chi connectivity index (χ1) is 16.0. The van der Waals surface area contributed by atoms with Crippen molar-refractivity contribution in [2.24, 2.45) is 5.41 Å². The molecule has 0 unspecified atom stereocenters. The normalized spacial score (nSPS) is 25.9. The van der Waals surface area contributed by atoms with Crippen LogP contribution in [0.25, 0.3) is 0 Å². The first kappa shape index (κ1) is 30.9. The van der Waals surface area contributed by atoms with Crippen molar-refractivity contribution >= 4 is 29.3 Å². The van der Waals surface area contributed by atoms with Gasteiger partial charge < -0.3 is 18.8 Å². The third kappa shape index (κ3) is 7.82. The molecule has 0 saturated carbocycles. The van der Waals surface area contributed by atoms with E-state index in [-0.39, 0.29) is 13.2 Å². The second kappa shape index (κ2) is 10.1. The van der Waals surface area contributed by atoms with E-state index < -0.39 is 63.2 Å². The summed E-state index contributed by atoms with van der Waals surface area (Å²) in [4.78, 5) is 27.5. The van der Waals surface area contributed by atoms with Gasteiger partial charge in [0.15, 0.2) is 0 Å². The largest absolute Gasteiger partial charge is 0.458 e. The van der Waals surface area contributed by atoms with Crippen molar-refractivity contribution in [1.29, 1.82) is 0 Å². The predicted octanol–water partition coefficient (Wildman–Crippen LogP) is 3.78. The Kier molecular flexibility index (Phi) is 8.63. The lowest BCUT2D eigenvalue weighted by atomic mass is 9.67. The standard InChI is InChI=1S/C24H44BNO9S/c1-20(2,3)32-18(27)17-24(16-31-36(11,29)30,15-26(17)19(28)33-21(4,5)6)13-12-14-25-34-22(7,8)23(9,10)35-25/h17H,12-16H2,1-11H3/t17-,24-/m1/s1.